The van der Waals surface area contributed by atoms with E-state index in [2.05, 4.69) is 49.2 Å². The number of aryl methyl sites for hydroxylation is 1. The Bertz CT molecular complexity index is 364. The van der Waals surface area contributed by atoms with E-state index < -0.39 is 0 Å². The van der Waals surface area contributed by atoms with E-state index in [1.165, 1.54) is 16.8 Å². The number of rotatable bonds is 7. The lowest BCUT2D eigenvalue weighted by atomic mass is 10.1. The lowest BCUT2D eigenvalue weighted by molar-refractivity contribution is 0.288. The number of aliphatic hydroxyl groups is 1. The van der Waals surface area contributed by atoms with Crippen LogP contribution in [0.1, 0.15) is 31.4 Å². The summed E-state index contributed by atoms with van der Waals surface area (Å²) in [7, 11) is 1.97. The SMILES string of the molecule is CNCc1cc(C)ccc1N(CCCO)C(C)C. The van der Waals surface area contributed by atoms with Crippen molar-refractivity contribution in [3.8, 4) is 0 Å². The van der Waals surface area contributed by atoms with Gasteiger partial charge in [-0.1, -0.05) is 17.7 Å². The molecule has 102 valence electrons. The van der Waals surface area contributed by atoms with E-state index in [9.17, 15) is 0 Å². The number of benzene rings is 1. The van der Waals surface area contributed by atoms with Gasteiger partial charge in [0, 0.05) is 31.4 Å². The van der Waals surface area contributed by atoms with Gasteiger partial charge in [-0.25, -0.2) is 0 Å². The average Bonchev–Trinajstić information content (AvgIpc) is 2.32. The molecule has 0 saturated carbocycles. The molecule has 0 aliphatic carbocycles. The minimum atomic E-state index is 0.246. The molecule has 0 saturated heterocycles. The Morgan fingerprint density at radius 2 is 2.06 bits per heavy atom. The third-order valence-electron chi connectivity index (χ3n) is 3.09. The molecule has 1 rings (SSSR count). The van der Waals surface area contributed by atoms with Crippen molar-refractivity contribution in [2.24, 2.45) is 0 Å². The molecule has 2 N–H and O–H groups in total. The first kappa shape index (κ1) is 15.0. The second-order valence-corrected chi connectivity index (χ2v) is 5.03. The molecule has 18 heavy (non-hydrogen) atoms. The van der Waals surface area contributed by atoms with E-state index in [4.69, 9.17) is 5.11 Å². The molecule has 0 bridgehead atoms. The van der Waals surface area contributed by atoms with Crippen molar-refractivity contribution in [3.63, 3.8) is 0 Å². The van der Waals surface area contributed by atoms with E-state index in [-0.39, 0.29) is 6.61 Å². The third-order valence-corrected chi connectivity index (χ3v) is 3.09. The Hall–Kier alpha value is -1.06. The van der Waals surface area contributed by atoms with Crippen molar-refractivity contribution >= 4 is 5.69 Å². The van der Waals surface area contributed by atoms with Crippen molar-refractivity contribution in [1.82, 2.24) is 5.32 Å². The smallest absolute Gasteiger partial charge is 0.0447 e. The highest BCUT2D eigenvalue weighted by atomic mass is 16.3. The Morgan fingerprint density at radius 3 is 2.61 bits per heavy atom. The van der Waals surface area contributed by atoms with Crippen LogP contribution in [0.15, 0.2) is 18.2 Å². The number of hydrogen-bond donors (Lipinski definition) is 2. The maximum absolute atomic E-state index is 9.02. The van der Waals surface area contributed by atoms with E-state index in [0.717, 1.165) is 19.5 Å². The number of anilines is 1. The van der Waals surface area contributed by atoms with Gasteiger partial charge in [-0.15, -0.1) is 0 Å². The second-order valence-electron chi connectivity index (χ2n) is 5.03. The first-order valence-electron chi connectivity index (χ1n) is 6.71. The molecule has 3 nitrogen and oxygen atoms in total. The number of aliphatic hydroxyl groups excluding tert-OH is 1. The summed E-state index contributed by atoms with van der Waals surface area (Å²) < 4.78 is 0. The zero-order valence-electron chi connectivity index (χ0n) is 12.0. The summed E-state index contributed by atoms with van der Waals surface area (Å²) in [6.07, 6.45) is 0.811. The first-order valence-corrected chi connectivity index (χ1v) is 6.71. The molecule has 1 aromatic carbocycles. The van der Waals surface area contributed by atoms with E-state index in [1.54, 1.807) is 0 Å². The van der Waals surface area contributed by atoms with E-state index >= 15 is 0 Å². The van der Waals surface area contributed by atoms with Gasteiger partial charge in [0.15, 0.2) is 0 Å². The number of hydrogen-bond acceptors (Lipinski definition) is 3. The van der Waals surface area contributed by atoms with E-state index in [1.807, 2.05) is 7.05 Å². The summed E-state index contributed by atoms with van der Waals surface area (Å²) in [5.41, 5.74) is 3.89. The predicted molar refractivity (Wildman–Crippen MR) is 78.1 cm³/mol. The zero-order chi connectivity index (χ0) is 13.5. The minimum absolute atomic E-state index is 0.246. The lowest BCUT2D eigenvalue weighted by Crippen LogP contribution is -2.33. The Labute approximate surface area is 111 Å². The van der Waals surface area contributed by atoms with Crippen molar-refractivity contribution in [2.75, 3.05) is 25.1 Å². The summed E-state index contributed by atoms with van der Waals surface area (Å²) >= 11 is 0. The van der Waals surface area contributed by atoms with Crippen LogP contribution in [0.2, 0.25) is 0 Å². The molecule has 0 aromatic heterocycles. The molecule has 0 aliphatic heterocycles. The molecular formula is C15H26N2O. The molecule has 0 radical (unpaired) electrons. The monoisotopic (exact) mass is 250 g/mol. The molecule has 3 heteroatoms. The average molecular weight is 250 g/mol. The van der Waals surface area contributed by atoms with Crippen molar-refractivity contribution in [2.45, 2.75) is 39.8 Å². The quantitative estimate of drug-likeness (QED) is 0.779. The topological polar surface area (TPSA) is 35.5 Å². The molecule has 0 aliphatic rings. The highest BCUT2D eigenvalue weighted by Gasteiger charge is 2.13. The molecule has 0 amide bonds. The highest BCUT2D eigenvalue weighted by molar-refractivity contribution is 5.55. The highest BCUT2D eigenvalue weighted by Crippen LogP contribution is 2.24. The van der Waals surface area contributed by atoms with Crippen LogP contribution < -0.4 is 10.2 Å². The van der Waals surface area contributed by atoms with Crippen molar-refractivity contribution in [1.29, 1.82) is 0 Å². The van der Waals surface area contributed by atoms with Gasteiger partial charge < -0.3 is 15.3 Å². The predicted octanol–water partition coefficient (Wildman–Crippen LogP) is 2.31. The van der Waals surface area contributed by atoms with Crippen LogP contribution in [0, 0.1) is 6.92 Å². The summed E-state index contributed by atoms with van der Waals surface area (Å²) in [4.78, 5) is 2.36. The molecule has 0 atom stereocenters. The molecule has 1 aromatic rings. The largest absolute Gasteiger partial charge is 0.396 e. The minimum Gasteiger partial charge on any atom is -0.396 e. The maximum Gasteiger partial charge on any atom is 0.0447 e. The van der Waals surface area contributed by atoms with Crippen LogP contribution in [0.25, 0.3) is 0 Å². The van der Waals surface area contributed by atoms with Crippen LogP contribution in [0.4, 0.5) is 5.69 Å². The number of nitrogens with one attached hydrogen (secondary N) is 1. The summed E-state index contributed by atoms with van der Waals surface area (Å²) in [6, 6.07) is 7.03. The Balaban J connectivity index is 3.01. The van der Waals surface area contributed by atoms with Crippen LogP contribution in [0.5, 0.6) is 0 Å². The van der Waals surface area contributed by atoms with Crippen molar-refractivity contribution in [3.05, 3.63) is 29.3 Å². The standard InChI is InChI=1S/C15H26N2O/c1-12(2)17(8-5-9-18)15-7-6-13(3)10-14(15)11-16-4/h6-7,10,12,16,18H,5,8-9,11H2,1-4H3. The van der Waals surface area contributed by atoms with Gasteiger partial charge in [0.2, 0.25) is 0 Å². The Morgan fingerprint density at radius 1 is 1.33 bits per heavy atom. The maximum atomic E-state index is 9.02. The van der Waals surface area contributed by atoms with Crippen molar-refractivity contribution < 1.29 is 5.11 Å². The summed E-state index contributed by atoms with van der Waals surface area (Å²) in [5.74, 6) is 0. The van der Waals surface area contributed by atoms with Crippen LogP contribution in [-0.2, 0) is 6.54 Å². The zero-order valence-corrected chi connectivity index (χ0v) is 12.0. The van der Waals surface area contributed by atoms with Gasteiger partial charge in [0.25, 0.3) is 0 Å². The van der Waals surface area contributed by atoms with Gasteiger partial charge in [0.05, 0.1) is 0 Å². The first-order chi connectivity index (χ1) is 8.60. The fourth-order valence-electron chi connectivity index (χ4n) is 2.22. The fraction of sp³-hybridized carbons (Fsp3) is 0.600. The Kier molecular flexibility index (Phi) is 6.16. The summed E-state index contributed by atoms with van der Waals surface area (Å²) in [5, 5.41) is 12.2. The van der Waals surface area contributed by atoms with E-state index in [0.29, 0.717) is 6.04 Å². The lowest BCUT2D eigenvalue weighted by Gasteiger charge is -2.31. The molecule has 0 unspecified atom stereocenters. The van der Waals surface area contributed by atoms with Crippen LogP contribution >= 0.6 is 0 Å². The van der Waals surface area contributed by atoms with Gasteiger partial charge >= 0.3 is 0 Å². The molecular weight excluding hydrogens is 224 g/mol. The molecule has 0 spiro atoms. The fourth-order valence-corrected chi connectivity index (χ4v) is 2.22. The van der Waals surface area contributed by atoms with Gasteiger partial charge in [0.1, 0.15) is 0 Å². The molecule has 0 fully saturated rings. The van der Waals surface area contributed by atoms with Gasteiger partial charge in [-0.3, -0.25) is 0 Å². The van der Waals surface area contributed by atoms with Gasteiger partial charge in [-0.05, 0) is 45.9 Å². The third kappa shape index (κ3) is 4.00. The van der Waals surface area contributed by atoms with Crippen LogP contribution in [0.3, 0.4) is 0 Å². The van der Waals surface area contributed by atoms with Gasteiger partial charge in [-0.2, -0.15) is 0 Å². The van der Waals surface area contributed by atoms with Crippen LogP contribution in [-0.4, -0.2) is 31.3 Å². The summed E-state index contributed by atoms with van der Waals surface area (Å²) in [6.45, 7) is 8.53. The normalized spacial score (nSPS) is 11.0. The second kappa shape index (κ2) is 7.39. The number of nitrogens with zero attached hydrogens (tertiary/aromatic N) is 1. The molecule has 0 heterocycles.